The standard InChI is InChI=1S/C24H31N3O5S2/c1-27(19-8-4-3-5-9-19)34(29,30)20-14-12-18(13-15-20)25-24(33)26-23(28)21-10-6-7-11-22(21)32-17-16-31-2/h6-7,10-15,19H,3-5,8-9,16-17H2,1-2H3,(H2,25,26,28,33). The highest BCUT2D eigenvalue weighted by molar-refractivity contribution is 7.89. The topological polar surface area (TPSA) is 97.0 Å². The molecular formula is C24H31N3O5S2. The van der Waals surface area contributed by atoms with E-state index in [0.717, 1.165) is 32.1 Å². The van der Waals surface area contributed by atoms with Crippen LogP contribution in [0.15, 0.2) is 53.4 Å². The maximum Gasteiger partial charge on any atom is 0.261 e. The molecule has 0 heterocycles. The van der Waals surface area contributed by atoms with Gasteiger partial charge < -0.3 is 14.8 Å². The van der Waals surface area contributed by atoms with Crippen LogP contribution in [0.5, 0.6) is 5.75 Å². The highest BCUT2D eigenvalue weighted by Gasteiger charge is 2.29. The second kappa shape index (κ2) is 12.3. The van der Waals surface area contributed by atoms with Crippen LogP contribution in [-0.4, -0.2) is 57.2 Å². The van der Waals surface area contributed by atoms with Crippen LogP contribution in [0.25, 0.3) is 0 Å². The van der Waals surface area contributed by atoms with Crippen molar-refractivity contribution in [1.29, 1.82) is 0 Å². The number of hydrogen-bond donors (Lipinski definition) is 2. The van der Waals surface area contributed by atoms with Gasteiger partial charge in [0, 0.05) is 25.9 Å². The Labute approximate surface area is 206 Å². The number of hydrogen-bond acceptors (Lipinski definition) is 6. The zero-order chi connectivity index (χ0) is 24.6. The van der Waals surface area contributed by atoms with E-state index in [0.29, 0.717) is 30.2 Å². The van der Waals surface area contributed by atoms with Crippen molar-refractivity contribution in [3.63, 3.8) is 0 Å². The van der Waals surface area contributed by atoms with E-state index in [1.165, 1.54) is 4.31 Å². The number of rotatable bonds is 9. The maximum absolute atomic E-state index is 13.0. The largest absolute Gasteiger partial charge is 0.490 e. The maximum atomic E-state index is 13.0. The van der Waals surface area contributed by atoms with Crippen LogP contribution >= 0.6 is 12.2 Å². The number of thiocarbonyl (C=S) groups is 1. The fourth-order valence-electron chi connectivity index (χ4n) is 3.87. The fourth-order valence-corrected chi connectivity index (χ4v) is 5.49. The molecule has 184 valence electrons. The summed E-state index contributed by atoms with van der Waals surface area (Å²) in [7, 11) is -0.349. The fraction of sp³-hybridized carbons (Fsp3) is 0.417. The number of carbonyl (C=O) groups is 1. The Hall–Kier alpha value is -2.53. The van der Waals surface area contributed by atoms with E-state index in [-0.39, 0.29) is 16.0 Å². The first kappa shape index (κ1) is 26.1. The molecule has 1 aliphatic carbocycles. The quantitative estimate of drug-likeness (QED) is 0.395. The molecule has 0 radical (unpaired) electrons. The van der Waals surface area contributed by atoms with E-state index in [9.17, 15) is 13.2 Å². The molecule has 2 aromatic rings. The number of amides is 1. The molecule has 2 N–H and O–H groups in total. The second-order valence-electron chi connectivity index (χ2n) is 8.08. The van der Waals surface area contributed by atoms with Gasteiger partial charge in [0.15, 0.2) is 5.11 Å². The molecule has 1 saturated carbocycles. The monoisotopic (exact) mass is 505 g/mol. The summed E-state index contributed by atoms with van der Waals surface area (Å²) < 4.78 is 38.1. The van der Waals surface area contributed by atoms with Crippen molar-refractivity contribution in [2.45, 2.75) is 43.0 Å². The lowest BCUT2D eigenvalue weighted by Crippen LogP contribution is -2.38. The van der Waals surface area contributed by atoms with Gasteiger partial charge in [-0.3, -0.25) is 10.1 Å². The van der Waals surface area contributed by atoms with Gasteiger partial charge in [0.05, 0.1) is 17.1 Å². The first-order valence-electron chi connectivity index (χ1n) is 11.2. The van der Waals surface area contributed by atoms with Crippen LogP contribution in [0.4, 0.5) is 5.69 Å². The van der Waals surface area contributed by atoms with Gasteiger partial charge in [0.2, 0.25) is 10.0 Å². The summed E-state index contributed by atoms with van der Waals surface area (Å²) >= 11 is 5.26. The Morgan fingerprint density at radius 1 is 1.06 bits per heavy atom. The van der Waals surface area contributed by atoms with Crippen molar-refractivity contribution in [3.05, 3.63) is 54.1 Å². The number of methoxy groups -OCH3 is 1. The van der Waals surface area contributed by atoms with Gasteiger partial charge in [-0.2, -0.15) is 4.31 Å². The molecule has 0 aromatic heterocycles. The number of nitrogens with one attached hydrogen (secondary N) is 2. The summed E-state index contributed by atoms with van der Waals surface area (Å²) in [5.74, 6) is 0.00955. The van der Waals surface area contributed by atoms with Crippen molar-refractivity contribution in [2.75, 3.05) is 32.7 Å². The van der Waals surface area contributed by atoms with Gasteiger partial charge in [0.25, 0.3) is 5.91 Å². The molecule has 3 rings (SSSR count). The molecule has 0 unspecified atom stereocenters. The average molecular weight is 506 g/mol. The summed E-state index contributed by atoms with van der Waals surface area (Å²) in [5, 5.41) is 5.63. The third-order valence-corrected chi connectivity index (χ3v) is 7.91. The molecule has 1 amide bonds. The van der Waals surface area contributed by atoms with E-state index in [2.05, 4.69) is 10.6 Å². The lowest BCUT2D eigenvalue weighted by Gasteiger charge is -2.30. The molecule has 0 spiro atoms. The molecule has 2 aromatic carbocycles. The summed E-state index contributed by atoms with van der Waals surface area (Å²) in [6.07, 6.45) is 5.06. The molecule has 8 nitrogen and oxygen atoms in total. The lowest BCUT2D eigenvalue weighted by molar-refractivity contribution is 0.0970. The van der Waals surface area contributed by atoms with Crippen LogP contribution in [0, 0.1) is 0 Å². The third-order valence-electron chi connectivity index (χ3n) is 5.78. The molecule has 0 saturated heterocycles. The molecule has 0 bridgehead atoms. The van der Waals surface area contributed by atoms with Crippen molar-refractivity contribution >= 4 is 38.9 Å². The minimum atomic E-state index is -3.57. The number of nitrogens with zero attached hydrogens (tertiary/aromatic N) is 1. The molecule has 0 aliphatic heterocycles. The Bertz CT molecular complexity index is 1080. The van der Waals surface area contributed by atoms with Gasteiger partial charge in [-0.05, 0) is 61.5 Å². The van der Waals surface area contributed by atoms with E-state index >= 15 is 0 Å². The van der Waals surface area contributed by atoms with E-state index in [1.54, 1.807) is 62.7 Å². The molecule has 0 atom stereocenters. The van der Waals surface area contributed by atoms with Gasteiger partial charge >= 0.3 is 0 Å². The van der Waals surface area contributed by atoms with Gasteiger partial charge in [-0.25, -0.2) is 8.42 Å². The zero-order valence-corrected chi connectivity index (χ0v) is 21.1. The van der Waals surface area contributed by atoms with Crippen LogP contribution in [-0.2, 0) is 14.8 Å². The van der Waals surface area contributed by atoms with Gasteiger partial charge in [-0.15, -0.1) is 0 Å². The van der Waals surface area contributed by atoms with Crippen molar-refractivity contribution in [1.82, 2.24) is 9.62 Å². The van der Waals surface area contributed by atoms with Crippen LogP contribution < -0.4 is 15.4 Å². The Balaban J connectivity index is 1.60. The lowest BCUT2D eigenvalue weighted by atomic mass is 9.96. The van der Waals surface area contributed by atoms with E-state index in [1.807, 2.05) is 0 Å². The minimum Gasteiger partial charge on any atom is -0.490 e. The summed E-state index contributed by atoms with van der Waals surface area (Å²) in [4.78, 5) is 12.9. The first-order chi connectivity index (χ1) is 16.3. The van der Waals surface area contributed by atoms with E-state index < -0.39 is 15.9 Å². The Morgan fingerprint density at radius 2 is 1.74 bits per heavy atom. The first-order valence-corrected chi connectivity index (χ1v) is 13.1. The molecule has 1 aliphatic rings. The van der Waals surface area contributed by atoms with E-state index in [4.69, 9.17) is 21.7 Å². The highest BCUT2D eigenvalue weighted by atomic mass is 32.2. The number of sulfonamides is 1. The van der Waals surface area contributed by atoms with Crippen LogP contribution in [0.2, 0.25) is 0 Å². The van der Waals surface area contributed by atoms with Crippen LogP contribution in [0.1, 0.15) is 42.5 Å². The van der Waals surface area contributed by atoms with Gasteiger partial charge in [0.1, 0.15) is 12.4 Å². The summed E-state index contributed by atoms with van der Waals surface area (Å²) in [5.41, 5.74) is 0.907. The van der Waals surface area contributed by atoms with Crippen LogP contribution in [0.3, 0.4) is 0 Å². The van der Waals surface area contributed by atoms with Crippen molar-refractivity contribution in [3.8, 4) is 5.75 Å². The molecule has 10 heteroatoms. The Kier molecular flexibility index (Phi) is 9.40. The number of ether oxygens (including phenoxy) is 2. The second-order valence-corrected chi connectivity index (χ2v) is 10.5. The average Bonchev–Trinajstić information content (AvgIpc) is 2.84. The Morgan fingerprint density at radius 3 is 2.41 bits per heavy atom. The number of anilines is 1. The smallest absolute Gasteiger partial charge is 0.261 e. The van der Waals surface area contributed by atoms with Crippen molar-refractivity contribution in [2.24, 2.45) is 0 Å². The SMILES string of the molecule is COCCOc1ccccc1C(=O)NC(=S)Nc1ccc(S(=O)(=O)N(C)C2CCCCC2)cc1. The highest BCUT2D eigenvalue weighted by Crippen LogP contribution is 2.27. The third kappa shape index (κ3) is 6.75. The number of benzene rings is 2. The predicted molar refractivity (Wildman–Crippen MR) is 136 cm³/mol. The number of carbonyl (C=O) groups excluding carboxylic acids is 1. The summed E-state index contributed by atoms with van der Waals surface area (Å²) in [6.45, 7) is 0.715. The molecular weight excluding hydrogens is 474 g/mol. The van der Waals surface area contributed by atoms with Crippen molar-refractivity contribution < 1.29 is 22.7 Å². The number of para-hydroxylation sites is 1. The summed E-state index contributed by atoms with van der Waals surface area (Å²) in [6, 6.07) is 13.2. The zero-order valence-electron chi connectivity index (χ0n) is 19.5. The molecule has 1 fully saturated rings. The predicted octanol–water partition coefficient (Wildman–Crippen LogP) is 3.79. The normalized spacial score (nSPS) is 14.6. The minimum absolute atomic E-state index is 0.0423. The molecule has 34 heavy (non-hydrogen) atoms. The van der Waals surface area contributed by atoms with Gasteiger partial charge in [-0.1, -0.05) is 31.4 Å².